The summed E-state index contributed by atoms with van der Waals surface area (Å²) in [6.45, 7) is 0.971. The minimum Gasteiger partial charge on any atom is -0.384 e. The standard InChI is InChI=1S/C9H11BrClNS/c1-13-5-4-12-7-2-3-8(10)9(11)6-7/h2-3,6,12H,4-5H2,1H3. The summed E-state index contributed by atoms with van der Waals surface area (Å²) in [7, 11) is 0. The fourth-order valence-electron chi connectivity index (χ4n) is 0.904. The minimum atomic E-state index is 0.745. The zero-order chi connectivity index (χ0) is 9.68. The van der Waals surface area contributed by atoms with Gasteiger partial charge in [0.15, 0.2) is 0 Å². The molecular formula is C9H11BrClNS. The molecule has 1 rings (SSSR count). The van der Waals surface area contributed by atoms with Crippen molar-refractivity contribution < 1.29 is 0 Å². The van der Waals surface area contributed by atoms with Crippen molar-refractivity contribution in [3.05, 3.63) is 27.7 Å². The summed E-state index contributed by atoms with van der Waals surface area (Å²) in [5.74, 6) is 1.10. The van der Waals surface area contributed by atoms with E-state index >= 15 is 0 Å². The van der Waals surface area contributed by atoms with Crippen molar-refractivity contribution in [1.82, 2.24) is 0 Å². The van der Waals surface area contributed by atoms with Gasteiger partial charge in [-0.25, -0.2) is 0 Å². The number of rotatable bonds is 4. The largest absolute Gasteiger partial charge is 0.384 e. The molecule has 0 aliphatic carbocycles. The van der Waals surface area contributed by atoms with Gasteiger partial charge in [0.25, 0.3) is 0 Å². The van der Waals surface area contributed by atoms with Crippen LogP contribution in [-0.2, 0) is 0 Å². The number of thioether (sulfide) groups is 1. The van der Waals surface area contributed by atoms with Gasteiger partial charge in [0, 0.05) is 22.5 Å². The average Bonchev–Trinajstić information content (AvgIpc) is 2.12. The Morgan fingerprint density at radius 2 is 2.31 bits per heavy atom. The summed E-state index contributed by atoms with van der Waals surface area (Å²) >= 11 is 11.1. The van der Waals surface area contributed by atoms with Gasteiger partial charge in [0.2, 0.25) is 0 Å². The maximum Gasteiger partial charge on any atom is 0.0568 e. The molecule has 1 nitrogen and oxygen atoms in total. The highest BCUT2D eigenvalue weighted by atomic mass is 79.9. The van der Waals surface area contributed by atoms with Crippen LogP contribution in [0.25, 0.3) is 0 Å². The van der Waals surface area contributed by atoms with Crippen LogP contribution in [0.15, 0.2) is 22.7 Å². The van der Waals surface area contributed by atoms with E-state index in [2.05, 4.69) is 27.5 Å². The van der Waals surface area contributed by atoms with Gasteiger partial charge >= 0.3 is 0 Å². The van der Waals surface area contributed by atoms with E-state index < -0.39 is 0 Å². The van der Waals surface area contributed by atoms with Crippen LogP contribution in [0.3, 0.4) is 0 Å². The third-order valence-corrected chi connectivity index (χ3v) is 3.40. The zero-order valence-electron chi connectivity index (χ0n) is 7.31. The lowest BCUT2D eigenvalue weighted by Crippen LogP contribution is -2.03. The molecule has 0 spiro atoms. The van der Waals surface area contributed by atoms with Gasteiger partial charge in [0.1, 0.15) is 0 Å². The summed E-state index contributed by atoms with van der Waals surface area (Å²) in [5.41, 5.74) is 1.07. The molecule has 0 unspecified atom stereocenters. The van der Waals surface area contributed by atoms with Crippen molar-refractivity contribution in [2.24, 2.45) is 0 Å². The first-order valence-electron chi connectivity index (χ1n) is 3.92. The number of anilines is 1. The van der Waals surface area contributed by atoms with Gasteiger partial charge in [0.05, 0.1) is 5.02 Å². The highest BCUT2D eigenvalue weighted by Gasteiger charge is 1.97. The SMILES string of the molecule is CSCCNc1ccc(Br)c(Cl)c1. The van der Waals surface area contributed by atoms with Crippen LogP contribution in [0.4, 0.5) is 5.69 Å². The monoisotopic (exact) mass is 279 g/mol. The van der Waals surface area contributed by atoms with Crippen molar-refractivity contribution in [2.45, 2.75) is 0 Å². The topological polar surface area (TPSA) is 12.0 Å². The molecule has 0 radical (unpaired) electrons. The predicted octanol–water partition coefficient (Wildman–Crippen LogP) is 3.88. The Morgan fingerprint density at radius 3 is 2.92 bits per heavy atom. The predicted molar refractivity (Wildman–Crippen MR) is 66.0 cm³/mol. The fraction of sp³-hybridized carbons (Fsp3) is 0.333. The lowest BCUT2D eigenvalue weighted by Gasteiger charge is -2.05. The van der Waals surface area contributed by atoms with Crippen molar-refractivity contribution in [2.75, 3.05) is 23.9 Å². The van der Waals surface area contributed by atoms with Crippen LogP contribution >= 0.6 is 39.3 Å². The number of benzene rings is 1. The number of hydrogen-bond donors (Lipinski definition) is 1. The molecule has 0 aromatic heterocycles. The Bertz CT molecular complexity index is 280. The van der Waals surface area contributed by atoms with Crippen LogP contribution < -0.4 is 5.32 Å². The number of nitrogens with one attached hydrogen (secondary N) is 1. The van der Waals surface area contributed by atoms with Crippen LogP contribution in [0.2, 0.25) is 5.02 Å². The molecule has 72 valence electrons. The quantitative estimate of drug-likeness (QED) is 0.840. The van der Waals surface area contributed by atoms with E-state index in [9.17, 15) is 0 Å². The smallest absolute Gasteiger partial charge is 0.0568 e. The second-order valence-electron chi connectivity index (χ2n) is 2.55. The molecule has 0 saturated carbocycles. The Balaban J connectivity index is 2.53. The molecule has 0 saturated heterocycles. The number of hydrogen-bond acceptors (Lipinski definition) is 2. The second-order valence-corrected chi connectivity index (χ2v) is 4.80. The Morgan fingerprint density at radius 1 is 1.54 bits per heavy atom. The van der Waals surface area contributed by atoms with E-state index in [-0.39, 0.29) is 0 Å². The zero-order valence-corrected chi connectivity index (χ0v) is 10.5. The lowest BCUT2D eigenvalue weighted by atomic mass is 10.3. The van der Waals surface area contributed by atoms with Gasteiger partial charge in [-0.15, -0.1) is 0 Å². The summed E-state index contributed by atoms with van der Waals surface area (Å²) in [6, 6.07) is 5.88. The number of halogens is 2. The van der Waals surface area contributed by atoms with Gasteiger partial charge in [-0.2, -0.15) is 11.8 Å². The second kappa shape index (κ2) is 5.78. The van der Waals surface area contributed by atoms with Gasteiger partial charge < -0.3 is 5.32 Å². The minimum absolute atomic E-state index is 0.745. The van der Waals surface area contributed by atoms with Crippen LogP contribution in [0.1, 0.15) is 0 Å². The molecule has 0 bridgehead atoms. The van der Waals surface area contributed by atoms with Crippen LogP contribution in [0.5, 0.6) is 0 Å². The summed E-state index contributed by atoms with van der Waals surface area (Å²) in [6.07, 6.45) is 2.09. The molecule has 4 heteroatoms. The fourth-order valence-corrected chi connectivity index (χ4v) is 1.64. The molecule has 0 atom stereocenters. The molecule has 0 fully saturated rings. The third kappa shape index (κ3) is 3.79. The van der Waals surface area contributed by atoms with E-state index in [1.807, 2.05) is 30.0 Å². The first kappa shape index (κ1) is 11.2. The highest BCUT2D eigenvalue weighted by Crippen LogP contribution is 2.25. The maximum absolute atomic E-state index is 5.93. The Hall–Kier alpha value is 0.140. The Labute approximate surface area is 96.4 Å². The van der Waals surface area contributed by atoms with Crippen molar-refractivity contribution in [3.63, 3.8) is 0 Å². The first-order valence-corrected chi connectivity index (χ1v) is 6.48. The molecule has 0 amide bonds. The van der Waals surface area contributed by atoms with Crippen LogP contribution in [0, 0.1) is 0 Å². The van der Waals surface area contributed by atoms with Crippen molar-refractivity contribution in [1.29, 1.82) is 0 Å². The van der Waals surface area contributed by atoms with Gasteiger partial charge in [-0.1, -0.05) is 11.6 Å². The molecule has 13 heavy (non-hydrogen) atoms. The van der Waals surface area contributed by atoms with Crippen molar-refractivity contribution in [3.8, 4) is 0 Å². The Kier molecular flexibility index (Phi) is 4.99. The van der Waals surface area contributed by atoms with E-state index in [0.717, 1.165) is 27.5 Å². The third-order valence-electron chi connectivity index (χ3n) is 1.55. The molecule has 1 N–H and O–H groups in total. The summed E-state index contributed by atoms with van der Waals surface area (Å²) in [4.78, 5) is 0. The van der Waals surface area contributed by atoms with E-state index in [4.69, 9.17) is 11.6 Å². The molecule has 0 aliphatic rings. The van der Waals surface area contributed by atoms with E-state index in [1.165, 1.54) is 0 Å². The average molecular weight is 281 g/mol. The summed E-state index contributed by atoms with van der Waals surface area (Å²) in [5, 5.41) is 4.03. The molecular weight excluding hydrogens is 270 g/mol. The highest BCUT2D eigenvalue weighted by molar-refractivity contribution is 9.10. The lowest BCUT2D eigenvalue weighted by molar-refractivity contribution is 1.23. The van der Waals surface area contributed by atoms with E-state index in [0.29, 0.717) is 0 Å². The van der Waals surface area contributed by atoms with Crippen molar-refractivity contribution >= 4 is 45.0 Å². The summed E-state index contributed by atoms with van der Waals surface area (Å²) < 4.78 is 0.935. The molecule has 0 heterocycles. The first-order chi connectivity index (χ1) is 6.24. The van der Waals surface area contributed by atoms with Gasteiger partial charge in [-0.3, -0.25) is 0 Å². The van der Waals surface area contributed by atoms with Gasteiger partial charge in [-0.05, 0) is 40.4 Å². The van der Waals surface area contributed by atoms with Crippen LogP contribution in [-0.4, -0.2) is 18.6 Å². The maximum atomic E-state index is 5.93. The molecule has 1 aromatic rings. The molecule has 0 aliphatic heterocycles. The normalized spacial score (nSPS) is 10.1. The molecule has 1 aromatic carbocycles. The van der Waals surface area contributed by atoms with E-state index in [1.54, 1.807) is 0 Å².